The molecule has 32 heavy (non-hydrogen) atoms. The third-order valence-corrected chi connectivity index (χ3v) is 5.30. The molecule has 1 aromatic carbocycles. The number of nitrogen functional groups attached to an aromatic ring is 2. The monoisotopic (exact) mass is 430 g/mol. The van der Waals surface area contributed by atoms with Gasteiger partial charge in [0.15, 0.2) is 0 Å². The van der Waals surface area contributed by atoms with E-state index in [1.54, 1.807) is 36.8 Å². The number of anilines is 2. The van der Waals surface area contributed by atoms with Crippen LogP contribution in [0.4, 0.5) is 16.2 Å². The van der Waals surface area contributed by atoms with Gasteiger partial charge in [0.25, 0.3) is 0 Å². The second kappa shape index (κ2) is 7.69. The van der Waals surface area contributed by atoms with Crippen LogP contribution in [-0.2, 0) is 0 Å². The fraction of sp³-hybridized carbons (Fsp3) is 0.143. The van der Waals surface area contributed by atoms with E-state index in [4.69, 9.17) is 11.5 Å². The van der Waals surface area contributed by atoms with Crippen molar-refractivity contribution in [2.45, 2.75) is 19.4 Å². The zero-order valence-electron chi connectivity index (χ0n) is 17.1. The molecule has 0 saturated carbocycles. The van der Waals surface area contributed by atoms with E-state index >= 15 is 0 Å². The van der Waals surface area contributed by atoms with Gasteiger partial charge in [0.1, 0.15) is 35.0 Å². The molecule has 0 amide bonds. The van der Waals surface area contributed by atoms with Crippen LogP contribution in [0.25, 0.3) is 27.8 Å². The topological polar surface area (TPSA) is 139 Å². The smallest absolute Gasteiger partial charge is 0.219 e. The maximum Gasteiger partial charge on any atom is 0.219 e. The minimum atomic E-state index is -0.380. The largest absolute Gasteiger partial charge is 0.383 e. The highest BCUT2D eigenvalue weighted by Crippen LogP contribution is 2.35. The van der Waals surface area contributed by atoms with Crippen molar-refractivity contribution in [1.82, 2.24) is 39.5 Å². The fourth-order valence-corrected chi connectivity index (χ4v) is 3.77. The Kier molecular flexibility index (Phi) is 4.70. The molecular formula is C21H19FN10. The molecule has 1 atom stereocenters. The number of fused-ring (bicyclic) bond motifs is 1. The van der Waals surface area contributed by atoms with E-state index in [0.29, 0.717) is 34.7 Å². The first-order valence-electron chi connectivity index (χ1n) is 9.93. The number of hydrogen-bond acceptors (Lipinski definition) is 8. The molecule has 11 heteroatoms. The summed E-state index contributed by atoms with van der Waals surface area (Å²) in [6, 6.07) is 6.18. The van der Waals surface area contributed by atoms with Gasteiger partial charge in [-0.15, -0.1) is 5.10 Å². The maximum atomic E-state index is 14.2. The van der Waals surface area contributed by atoms with E-state index in [1.807, 2.05) is 17.7 Å². The van der Waals surface area contributed by atoms with Crippen LogP contribution in [-0.4, -0.2) is 39.5 Å². The van der Waals surface area contributed by atoms with Crippen molar-refractivity contribution in [3.8, 4) is 16.8 Å². The third-order valence-electron chi connectivity index (χ3n) is 5.30. The Morgan fingerprint density at radius 2 is 1.81 bits per heavy atom. The number of benzene rings is 1. The van der Waals surface area contributed by atoms with E-state index in [1.165, 1.54) is 17.1 Å². The second-order valence-electron chi connectivity index (χ2n) is 7.20. The Hall–Kier alpha value is -4.41. The van der Waals surface area contributed by atoms with Crippen molar-refractivity contribution in [1.29, 1.82) is 0 Å². The zero-order chi connectivity index (χ0) is 22.2. The summed E-state index contributed by atoms with van der Waals surface area (Å²) in [6.45, 7) is 2.02. The molecule has 4 N–H and O–H groups in total. The Morgan fingerprint density at radius 1 is 1.03 bits per heavy atom. The third kappa shape index (κ3) is 3.20. The van der Waals surface area contributed by atoms with Crippen molar-refractivity contribution < 1.29 is 4.39 Å². The van der Waals surface area contributed by atoms with E-state index in [-0.39, 0.29) is 17.8 Å². The Morgan fingerprint density at radius 3 is 2.56 bits per heavy atom. The fourth-order valence-electron chi connectivity index (χ4n) is 3.77. The quantitative estimate of drug-likeness (QED) is 0.434. The highest BCUT2D eigenvalue weighted by Gasteiger charge is 2.23. The summed E-state index contributed by atoms with van der Waals surface area (Å²) in [5, 5.41) is 9.13. The maximum absolute atomic E-state index is 14.2. The minimum Gasteiger partial charge on any atom is -0.383 e. The van der Waals surface area contributed by atoms with Crippen molar-refractivity contribution in [3.63, 3.8) is 0 Å². The lowest BCUT2D eigenvalue weighted by Crippen LogP contribution is -2.10. The van der Waals surface area contributed by atoms with Crippen LogP contribution < -0.4 is 11.5 Å². The van der Waals surface area contributed by atoms with Gasteiger partial charge in [-0.1, -0.05) is 24.3 Å². The van der Waals surface area contributed by atoms with Crippen molar-refractivity contribution >= 4 is 22.8 Å². The highest BCUT2D eigenvalue weighted by atomic mass is 19.1. The average Bonchev–Trinajstić information content (AvgIpc) is 3.42. The molecule has 10 nitrogen and oxygen atoms in total. The van der Waals surface area contributed by atoms with Gasteiger partial charge in [0.05, 0.1) is 17.6 Å². The number of hydrogen-bond donors (Lipinski definition) is 2. The molecule has 0 fully saturated rings. The first-order valence-corrected chi connectivity index (χ1v) is 9.93. The number of nitrogens with zero attached hydrogens (tertiary/aromatic N) is 8. The standard InChI is InChI=1S/C21H19FN10/c1-2-16(15-10-32(30-29-15)17-6-4-3-5-14(17)22)31-9-13(12-7-25-21(24)26-8-12)18-19(23)27-11-28-20(18)31/h3-11,16H,2H2,1H3,(H2,23,27,28)(H2,24,25,26). The molecular weight excluding hydrogens is 411 g/mol. The summed E-state index contributed by atoms with van der Waals surface area (Å²) < 4.78 is 17.6. The number of halogens is 1. The molecule has 5 rings (SSSR count). The SMILES string of the molecule is CCC(c1cn(-c2ccccc2F)nn1)n1cc(-c2cnc(N)nc2)c2c(N)ncnc21. The molecule has 0 aliphatic rings. The van der Waals surface area contributed by atoms with Crippen molar-refractivity contribution in [3.05, 3.63) is 66.9 Å². The van der Waals surface area contributed by atoms with Crippen LogP contribution >= 0.6 is 0 Å². The predicted molar refractivity (Wildman–Crippen MR) is 117 cm³/mol. The Labute approximate surface area is 181 Å². The zero-order valence-corrected chi connectivity index (χ0v) is 17.1. The number of aromatic nitrogens is 8. The van der Waals surface area contributed by atoms with Gasteiger partial charge in [-0.2, -0.15) is 0 Å². The molecule has 0 spiro atoms. The predicted octanol–water partition coefficient (Wildman–Crippen LogP) is 2.77. The van der Waals surface area contributed by atoms with Crippen LogP contribution in [0, 0.1) is 5.82 Å². The van der Waals surface area contributed by atoms with Crippen LogP contribution in [0.2, 0.25) is 0 Å². The molecule has 160 valence electrons. The number of nitrogens with two attached hydrogens (primary N) is 2. The van der Waals surface area contributed by atoms with Gasteiger partial charge in [-0.3, -0.25) is 0 Å². The molecule has 4 aromatic heterocycles. The summed E-state index contributed by atoms with van der Waals surface area (Å²) in [7, 11) is 0. The highest BCUT2D eigenvalue weighted by molar-refractivity contribution is 6.00. The normalized spacial score (nSPS) is 12.3. The van der Waals surface area contributed by atoms with E-state index in [0.717, 1.165) is 11.1 Å². The molecule has 0 bridgehead atoms. The number of para-hydroxylation sites is 1. The van der Waals surface area contributed by atoms with Crippen LogP contribution in [0.3, 0.4) is 0 Å². The van der Waals surface area contributed by atoms with Crippen molar-refractivity contribution in [2.24, 2.45) is 0 Å². The molecule has 5 aromatic rings. The number of rotatable bonds is 5. The Bertz CT molecular complexity index is 1410. The summed E-state index contributed by atoms with van der Waals surface area (Å²) in [5.74, 6) is 0.137. The van der Waals surface area contributed by atoms with Gasteiger partial charge in [0.2, 0.25) is 5.95 Å². The van der Waals surface area contributed by atoms with Gasteiger partial charge in [0, 0.05) is 29.7 Å². The summed E-state index contributed by atoms with van der Waals surface area (Å²) in [6.07, 6.45) is 8.99. The Balaban J connectivity index is 1.65. The van der Waals surface area contributed by atoms with Crippen LogP contribution in [0.15, 0.2) is 55.4 Å². The first-order chi connectivity index (χ1) is 15.6. The van der Waals surface area contributed by atoms with E-state index in [2.05, 4.69) is 30.2 Å². The van der Waals surface area contributed by atoms with Crippen molar-refractivity contribution in [2.75, 3.05) is 11.5 Å². The average molecular weight is 430 g/mol. The summed E-state index contributed by atoms with van der Waals surface area (Å²) in [5.41, 5.74) is 15.0. The molecule has 0 aliphatic carbocycles. The lowest BCUT2D eigenvalue weighted by atomic mass is 10.1. The van der Waals surface area contributed by atoms with Gasteiger partial charge in [-0.25, -0.2) is 29.0 Å². The van der Waals surface area contributed by atoms with E-state index < -0.39 is 0 Å². The lowest BCUT2D eigenvalue weighted by molar-refractivity contribution is 0.564. The minimum absolute atomic E-state index is 0.179. The van der Waals surface area contributed by atoms with E-state index in [9.17, 15) is 4.39 Å². The molecule has 0 radical (unpaired) electrons. The lowest BCUT2D eigenvalue weighted by Gasteiger charge is -2.15. The van der Waals surface area contributed by atoms with Gasteiger partial charge in [-0.05, 0) is 18.6 Å². The summed E-state index contributed by atoms with van der Waals surface area (Å²) in [4.78, 5) is 16.8. The summed E-state index contributed by atoms with van der Waals surface area (Å²) >= 11 is 0. The van der Waals surface area contributed by atoms with Crippen LogP contribution in [0.5, 0.6) is 0 Å². The molecule has 4 heterocycles. The first kappa shape index (κ1) is 19.5. The molecule has 0 aliphatic heterocycles. The molecule has 1 unspecified atom stereocenters. The van der Waals surface area contributed by atoms with Gasteiger partial charge < -0.3 is 16.0 Å². The van der Waals surface area contributed by atoms with Crippen LogP contribution in [0.1, 0.15) is 25.1 Å². The van der Waals surface area contributed by atoms with Gasteiger partial charge >= 0.3 is 0 Å². The molecule has 0 saturated heterocycles. The second-order valence-corrected chi connectivity index (χ2v) is 7.20.